The number of nitrogens with one attached hydrogen (secondary N) is 1. The Hall–Kier alpha value is -2.36. The number of amides is 1. The molecule has 0 spiro atoms. The van der Waals surface area contributed by atoms with Gasteiger partial charge in [0.15, 0.2) is 11.6 Å². The number of carbonyl (C=O) groups excluding carboxylic acids is 1. The average molecular weight is 287 g/mol. The molecule has 1 amide bonds. The second kappa shape index (κ2) is 6.39. The van der Waals surface area contributed by atoms with Crippen LogP contribution in [0.5, 0.6) is 5.75 Å². The van der Waals surface area contributed by atoms with Crippen molar-refractivity contribution in [3.63, 3.8) is 0 Å². The number of hydrogen-bond acceptors (Lipinski definition) is 2. The van der Waals surface area contributed by atoms with E-state index in [1.165, 1.54) is 13.2 Å². The number of ether oxygens (including phenoxy) is 1. The van der Waals surface area contributed by atoms with Gasteiger partial charge in [-0.25, -0.2) is 4.39 Å². The van der Waals surface area contributed by atoms with Crippen LogP contribution in [0, 0.1) is 12.7 Å². The third-order valence-electron chi connectivity index (χ3n) is 3.30. The van der Waals surface area contributed by atoms with Crippen molar-refractivity contribution in [3.05, 3.63) is 65.0 Å². The molecule has 0 radical (unpaired) electrons. The number of carbonyl (C=O) groups is 1. The first-order valence-electron chi connectivity index (χ1n) is 6.72. The zero-order valence-corrected chi connectivity index (χ0v) is 12.3. The molecule has 0 saturated carbocycles. The van der Waals surface area contributed by atoms with Crippen molar-refractivity contribution in [2.45, 2.75) is 19.9 Å². The number of halogens is 1. The standard InChI is InChI=1S/C17H18FNO2/c1-11-5-4-6-14(9-11)17(20)19-12(2)13-7-8-16(21-3)15(18)10-13/h4-10,12H,1-3H3,(H,19,20)/t12-/m1/s1. The van der Waals surface area contributed by atoms with Crippen LogP contribution in [-0.4, -0.2) is 13.0 Å². The van der Waals surface area contributed by atoms with E-state index in [0.717, 1.165) is 5.56 Å². The second-order valence-corrected chi connectivity index (χ2v) is 4.96. The van der Waals surface area contributed by atoms with Crippen molar-refractivity contribution in [1.82, 2.24) is 5.32 Å². The molecule has 0 aliphatic carbocycles. The third kappa shape index (κ3) is 3.60. The highest BCUT2D eigenvalue weighted by Crippen LogP contribution is 2.22. The van der Waals surface area contributed by atoms with Crippen molar-refractivity contribution >= 4 is 5.91 Å². The van der Waals surface area contributed by atoms with Crippen LogP contribution in [0.25, 0.3) is 0 Å². The lowest BCUT2D eigenvalue weighted by atomic mass is 10.1. The Morgan fingerprint density at radius 3 is 2.62 bits per heavy atom. The van der Waals surface area contributed by atoms with Gasteiger partial charge in [-0.2, -0.15) is 0 Å². The smallest absolute Gasteiger partial charge is 0.251 e. The number of hydrogen-bond donors (Lipinski definition) is 1. The first-order chi connectivity index (χ1) is 10.0. The molecule has 0 fully saturated rings. The van der Waals surface area contributed by atoms with Crippen molar-refractivity contribution in [3.8, 4) is 5.75 Å². The number of benzene rings is 2. The van der Waals surface area contributed by atoms with Gasteiger partial charge in [0.1, 0.15) is 0 Å². The fraction of sp³-hybridized carbons (Fsp3) is 0.235. The van der Waals surface area contributed by atoms with E-state index in [-0.39, 0.29) is 17.7 Å². The monoisotopic (exact) mass is 287 g/mol. The number of methoxy groups -OCH3 is 1. The molecule has 3 nitrogen and oxygen atoms in total. The van der Waals surface area contributed by atoms with Gasteiger partial charge in [-0.1, -0.05) is 23.8 Å². The summed E-state index contributed by atoms with van der Waals surface area (Å²) in [5.41, 5.74) is 2.30. The minimum absolute atomic E-state index is 0.178. The third-order valence-corrected chi connectivity index (χ3v) is 3.30. The summed E-state index contributed by atoms with van der Waals surface area (Å²) in [5, 5.41) is 2.86. The van der Waals surface area contributed by atoms with Gasteiger partial charge in [-0.05, 0) is 43.7 Å². The molecule has 0 aromatic heterocycles. The van der Waals surface area contributed by atoms with Crippen LogP contribution in [-0.2, 0) is 0 Å². The summed E-state index contributed by atoms with van der Waals surface area (Å²) < 4.78 is 18.6. The molecular formula is C17H18FNO2. The predicted octanol–water partition coefficient (Wildman–Crippen LogP) is 3.63. The normalized spacial score (nSPS) is 11.8. The van der Waals surface area contributed by atoms with E-state index in [9.17, 15) is 9.18 Å². The van der Waals surface area contributed by atoms with Crippen molar-refractivity contribution < 1.29 is 13.9 Å². The fourth-order valence-electron chi connectivity index (χ4n) is 2.10. The molecule has 1 atom stereocenters. The van der Waals surface area contributed by atoms with E-state index >= 15 is 0 Å². The molecule has 0 aliphatic rings. The molecule has 4 heteroatoms. The lowest BCUT2D eigenvalue weighted by molar-refractivity contribution is 0.0939. The summed E-state index contributed by atoms with van der Waals surface area (Å²) in [6, 6.07) is 11.7. The van der Waals surface area contributed by atoms with Crippen LogP contribution in [0.3, 0.4) is 0 Å². The Labute approximate surface area is 123 Å². The molecular weight excluding hydrogens is 269 g/mol. The number of aryl methyl sites for hydroxylation is 1. The maximum absolute atomic E-state index is 13.7. The van der Waals surface area contributed by atoms with Gasteiger partial charge in [-0.15, -0.1) is 0 Å². The predicted molar refractivity (Wildman–Crippen MR) is 80.0 cm³/mol. The van der Waals surface area contributed by atoms with Crippen LogP contribution >= 0.6 is 0 Å². The Kier molecular flexibility index (Phi) is 4.58. The number of rotatable bonds is 4. The summed E-state index contributed by atoms with van der Waals surface area (Å²) in [7, 11) is 1.42. The van der Waals surface area contributed by atoms with Crippen molar-refractivity contribution in [2.24, 2.45) is 0 Å². The van der Waals surface area contributed by atoms with Crippen LogP contribution in [0.15, 0.2) is 42.5 Å². The molecule has 0 bridgehead atoms. The van der Waals surface area contributed by atoms with Gasteiger partial charge >= 0.3 is 0 Å². The van der Waals surface area contributed by atoms with Crippen LogP contribution in [0.4, 0.5) is 4.39 Å². The zero-order chi connectivity index (χ0) is 15.4. The molecule has 0 aliphatic heterocycles. The lowest BCUT2D eigenvalue weighted by Gasteiger charge is -2.15. The van der Waals surface area contributed by atoms with E-state index in [0.29, 0.717) is 11.1 Å². The molecule has 1 N–H and O–H groups in total. The topological polar surface area (TPSA) is 38.3 Å². The first-order valence-corrected chi connectivity index (χ1v) is 6.72. The summed E-state index contributed by atoms with van der Waals surface area (Å²) in [4.78, 5) is 12.2. The van der Waals surface area contributed by atoms with Crippen LogP contribution < -0.4 is 10.1 Å². The average Bonchev–Trinajstić information content (AvgIpc) is 2.47. The van der Waals surface area contributed by atoms with Gasteiger partial charge < -0.3 is 10.1 Å². The minimum atomic E-state index is -0.438. The fourth-order valence-corrected chi connectivity index (χ4v) is 2.10. The Morgan fingerprint density at radius 1 is 1.24 bits per heavy atom. The van der Waals surface area contributed by atoms with Crippen molar-refractivity contribution in [2.75, 3.05) is 7.11 Å². The molecule has 2 aromatic rings. The highest BCUT2D eigenvalue weighted by Gasteiger charge is 2.13. The van der Waals surface area contributed by atoms with Gasteiger partial charge in [0, 0.05) is 5.56 Å². The molecule has 21 heavy (non-hydrogen) atoms. The Bertz CT molecular complexity index is 655. The lowest BCUT2D eigenvalue weighted by Crippen LogP contribution is -2.26. The van der Waals surface area contributed by atoms with E-state index < -0.39 is 5.82 Å². The quantitative estimate of drug-likeness (QED) is 0.932. The van der Waals surface area contributed by atoms with Gasteiger partial charge in [0.25, 0.3) is 5.91 Å². The van der Waals surface area contributed by atoms with E-state index in [1.54, 1.807) is 18.2 Å². The highest BCUT2D eigenvalue weighted by atomic mass is 19.1. The van der Waals surface area contributed by atoms with Crippen molar-refractivity contribution in [1.29, 1.82) is 0 Å². The summed E-state index contributed by atoms with van der Waals surface area (Å²) in [5.74, 6) is -0.426. The van der Waals surface area contributed by atoms with Crippen LogP contribution in [0.2, 0.25) is 0 Å². The summed E-state index contributed by atoms with van der Waals surface area (Å²) in [6.45, 7) is 3.74. The summed E-state index contributed by atoms with van der Waals surface area (Å²) in [6.07, 6.45) is 0. The second-order valence-electron chi connectivity index (χ2n) is 4.96. The molecule has 0 unspecified atom stereocenters. The highest BCUT2D eigenvalue weighted by molar-refractivity contribution is 5.94. The molecule has 2 aromatic carbocycles. The van der Waals surface area contributed by atoms with Crippen LogP contribution in [0.1, 0.15) is 34.5 Å². The summed E-state index contributed by atoms with van der Waals surface area (Å²) >= 11 is 0. The molecule has 2 rings (SSSR count). The first kappa shape index (κ1) is 15.0. The molecule has 0 saturated heterocycles. The maximum Gasteiger partial charge on any atom is 0.251 e. The Balaban J connectivity index is 2.12. The van der Waals surface area contributed by atoms with Gasteiger partial charge in [-0.3, -0.25) is 4.79 Å². The largest absolute Gasteiger partial charge is 0.494 e. The van der Waals surface area contributed by atoms with E-state index in [2.05, 4.69) is 5.32 Å². The van der Waals surface area contributed by atoms with Gasteiger partial charge in [0.05, 0.1) is 13.2 Å². The zero-order valence-electron chi connectivity index (χ0n) is 12.3. The molecule has 110 valence electrons. The maximum atomic E-state index is 13.7. The molecule has 0 heterocycles. The van der Waals surface area contributed by atoms with E-state index in [1.807, 2.05) is 32.0 Å². The SMILES string of the molecule is COc1ccc([C@@H](C)NC(=O)c2cccc(C)c2)cc1F. The van der Waals surface area contributed by atoms with Gasteiger partial charge in [0.2, 0.25) is 0 Å². The minimum Gasteiger partial charge on any atom is -0.494 e. The Morgan fingerprint density at radius 2 is 2.00 bits per heavy atom. The van der Waals surface area contributed by atoms with E-state index in [4.69, 9.17) is 4.74 Å².